The zero-order chi connectivity index (χ0) is 22.2. The smallest absolute Gasteiger partial charge is 0.105 e. The standard InChI is InChI=1S/C28H46O3/c1-17(2)18(3)6-7-19(4)22-8-9-23-21-14-25-28(31-25)15-20(30)10-13-27(28,16-29)24(21)11-12-26(22,23)5/h17,19-25,29-30H,3,6-16H2,1-2,4-5H3. The molecule has 5 fully saturated rings. The molecule has 0 aromatic rings. The summed E-state index contributed by atoms with van der Waals surface area (Å²) in [5.74, 6) is 4.24. The van der Waals surface area contributed by atoms with Crippen molar-refractivity contribution >= 4 is 0 Å². The van der Waals surface area contributed by atoms with Gasteiger partial charge in [0.25, 0.3) is 0 Å². The van der Waals surface area contributed by atoms with Crippen LogP contribution in [0.4, 0.5) is 0 Å². The highest BCUT2D eigenvalue weighted by atomic mass is 16.6. The van der Waals surface area contributed by atoms with Gasteiger partial charge in [0.15, 0.2) is 0 Å². The number of aliphatic hydroxyl groups is 2. The lowest BCUT2D eigenvalue weighted by Crippen LogP contribution is -2.61. The van der Waals surface area contributed by atoms with Crippen LogP contribution in [0.15, 0.2) is 12.2 Å². The molecule has 1 saturated heterocycles. The molecule has 0 bridgehead atoms. The fourth-order valence-electron chi connectivity index (χ4n) is 9.62. The summed E-state index contributed by atoms with van der Waals surface area (Å²) in [6.07, 6.45) is 11.5. The van der Waals surface area contributed by atoms with Crippen LogP contribution < -0.4 is 0 Å². The van der Waals surface area contributed by atoms with E-state index in [2.05, 4.69) is 34.3 Å². The molecule has 3 heteroatoms. The Morgan fingerprint density at radius 3 is 2.58 bits per heavy atom. The molecule has 0 aromatic heterocycles. The third-order valence-corrected chi connectivity index (χ3v) is 11.5. The maximum absolute atomic E-state index is 10.7. The molecule has 0 aromatic carbocycles. The fourth-order valence-corrected chi connectivity index (χ4v) is 9.62. The molecular formula is C28H46O3. The number of fused-ring (bicyclic) bond motifs is 4. The predicted octanol–water partition coefficient (Wildman–Crippen LogP) is 5.74. The zero-order valence-corrected chi connectivity index (χ0v) is 20.4. The van der Waals surface area contributed by atoms with Crippen molar-refractivity contribution in [3.8, 4) is 0 Å². The van der Waals surface area contributed by atoms with Crippen molar-refractivity contribution in [1.82, 2.24) is 0 Å². The van der Waals surface area contributed by atoms with Crippen molar-refractivity contribution in [3.63, 3.8) is 0 Å². The van der Waals surface area contributed by atoms with Crippen LogP contribution in [0.5, 0.6) is 0 Å². The minimum Gasteiger partial charge on any atom is -0.396 e. The van der Waals surface area contributed by atoms with E-state index in [9.17, 15) is 10.2 Å². The molecule has 31 heavy (non-hydrogen) atoms. The zero-order valence-electron chi connectivity index (χ0n) is 20.4. The SMILES string of the molecule is C=C(CCC(C)C1CCC2C3CC4OC45CC(O)CCC5(CO)C3CCC12C)C(C)C. The van der Waals surface area contributed by atoms with Gasteiger partial charge in [-0.15, -0.1) is 0 Å². The van der Waals surface area contributed by atoms with Crippen LogP contribution in [0, 0.1) is 46.3 Å². The minimum absolute atomic E-state index is 0.0974. The van der Waals surface area contributed by atoms with Crippen molar-refractivity contribution in [2.24, 2.45) is 46.3 Å². The molecule has 0 radical (unpaired) electrons. The van der Waals surface area contributed by atoms with Crippen LogP contribution in [0.1, 0.15) is 91.9 Å². The Labute approximate surface area is 190 Å². The molecule has 0 amide bonds. The second-order valence-electron chi connectivity index (χ2n) is 12.9. The average molecular weight is 431 g/mol. The molecular weight excluding hydrogens is 384 g/mol. The van der Waals surface area contributed by atoms with Gasteiger partial charge < -0.3 is 14.9 Å². The van der Waals surface area contributed by atoms with Gasteiger partial charge in [-0.2, -0.15) is 0 Å². The second-order valence-corrected chi connectivity index (χ2v) is 12.9. The molecule has 4 saturated carbocycles. The molecule has 4 aliphatic carbocycles. The highest BCUT2D eigenvalue weighted by Gasteiger charge is 2.77. The Hall–Kier alpha value is -0.380. The van der Waals surface area contributed by atoms with Crippen LogP contribution in [0.25, 0.3) is 0 Å². The summed E-state index contributed by atoms with van der Waals surface area (Å²) in [7, 11) is 0. The average Bonchev–Trinajstić information content (AvgIpc) is 3.30. The van der Waals surface area contributed by atoms with Crippen molar-refractivity contribution in [3.05, 3.63) is 12.2 Å². The quantitative estimate of drug-likeness (QED) is 0.417. The predicted molar refractivity (Wildman–Crippen MR) is 125 cm³/mol. The molecule has 2 N–H and O–H groups in total. The number of hydrogen-bond donors (Lipinski definition) is 2. The maximum Gasteiger partial charge on any atom is 0.105 e. The molecule has 10 atom stereocenters. The molecule has 1 spiro atoms. The number of epoxide rings is 1. The Bertz CT molecular complexity index is 717. The van der Waals surface area contributed by atoms with Gasteiger partial charge in [0.05, 0.1) is 18.8 Å². The summed E-state index contributed by atoms with van der Waals surface area (Å²) in [6.45, 7) is 14.2. The van der Waals surface area contributed by atoms with Gasteiger partial charge in [-0.25, -0.2) is 0 Å². The summed E-state index contributed by atoms with van der Waals surface area (Å²) in [5, 5.41) is 21.1. The molecule has 1 aliphatic heterocycles. The Morgan fingerprint density at radius 2 is 1.87 bits per heavy atom. The molecule has 5 aliphatic rings. The van der Waals surface area contributed by atoms with Crippen LogP contribution in [0.2, 0.25) is 0 Å². The molecule has 176 valence electrons. The molecule has 10 unspecified atom stereocenters. The topological polar surface area (TPSA) is 53.0 Å². The van der Waals surface area contributed by atoms with E-state index in [0.29, 0.717) is 23.2 Å². The van der Waals surface area contributed by atoms with E-state index in [1.54, 1.807) is 0 Å². The lowest BCUT2D eigenvalue weighted by molar-refractivity contribution is -0.144. The Kier molecular flexibility index (Phi) is 5.47. The summed E-state index contributed by atoms with van der Waals surface area (Å²) in [4.78, 5) is 0. The summed E-state index contributed by atoms with van der Waals surface area (Å²) >= 11 is 0. The first-order valence-electron chi connectivity index (χ1n) is 13.3. The van der Waals surface area contributed by atoms with E-state index >= 15 is 0 Å². The Morgan fingerprint density at radius 1 is 1.10 bits per heavy atom. The number of ether oxygens (including phenoxy) is 1. The van der Waals surface area contributed by atoms with Gasteiger partial charge in [0.1, 0.15) is 5.60 Å². The highest BCUT2D eigenvalue weighted by molar-refractivity contribution is 5.25. The number of allylic oxidation sites excluding steroid dienone is 1. The van der Waals surface area contributed by atoms with Crippen molar-refractivity contribution in [2.45, 2.75) is 110 Å². The molecule has 1 heterocycles. The summed E-state index contributed by atoms with van der Waals surface area (Å²) < 4.78 is 6.44. The lowest BCUT2D eigenvalue weighted by Gasteiger charge is -2.60. The monoisotopic (exact) mass is 430 g/mol. The third-order valence-electron chi connectivity index (χ3n) is 11.5. The number of rotatable bonds is 6. The second kappa shape index (κ2) is 7.57. The largest absolute Gasteiger partial charge is 0.396 e. The van der Waals surface area contributed by atoms with Crippen LogP contribution in [-0.2, 0) is 4.74 Å². The number of hydrogen-bond acceptors (Lipinski definition) is 3. The minimum atomic E-state index is -0.243. The maximum atomic E-state index is 10.7. The third kappa shape index (κ3) is 3.08. The van der Waals surface area contributed by atoms with Crippen LogP contribution in [-0.4, -0.2) is 34.6 Å². The van der Waals surface area contributed by atoms with E-state index in [4.69, 9.17) is 4.74 Å². The van der Waals surface area contributed by atoms with Crippen LogP contribution in [0.3, 0.4) is 0 Å². The first kappa shape index (κ1) is 22.4. The van der Waals surface area contributed by atoms with Gasteiger partial charge in [-0.3, -0.25) is 0 Å². The fraction of sp³-hybridized carbons (Fsp3) is 0.929. The van der Waals surface area contributed by atoms with Crippen molar-refractivity contribution < 1.29 is 14.9 Å². The van der Waals surface area contributed by atoms with Crippen molar-refractivity contribution in [1.29, 1.82) is 0 Å². The molecule has 3 nitrogen and oxygen atoms in total. The van der Waals surface area contributed by atoms with Gasteiger partial charge in [-0.1, -0.05) is 39.8 Å². The van der Waals surface area contributed by atoms with E-state index in [0.717, 1.165) is 37.0 Å². The van der Waals surface area contributed by atoms with Gasteiger partial charge in [0, 0.05) is 11.8 Å². The van der Waals surface area contributed by atoms with Gasteiger partial charge in [0.2, 0.25) is 0 Å². The summed E-state index contributed by atoms with van der Waals surface area (Å²) in [5.41, 5.74) is 1.55. The van der Waals surface area contributed by atoms with E-state index in [-0.39, 0.29) is 29.8 Å². The van der Waals surface area contributed by atoms with Crippen molar-refractivity contribution in [2.75, 3.05) is 6.61 Å². The van der Waals surface area contributed by atoms with E-state index in [1.807, 2.05) is 0 Å². The van der Waals surface area contributed by atoms with E-state index < -0.39 is 0 Å². The molecule has 5 rings (SSSR count). The normalized spacial score (nSPS) is 51.5. The number of aliphatic hydroxyl groups excluding tert-OH is 2. The summed E-state index contributed by atoms with van der Waals surface area (Å²) in [6, 6.07) is 0. The van der Waals surface area contributed by atoms with Gasteiger partial charge >= 0.3 is 0 Å². The van der Waals surface area contributed by atoms with E-state index in [1.165, 1.54) is 50.5 Å². The highest BCUT2D eigenvalue weighted by Crippen LogP contribution is 2.74. The Balaban J connectivity index is 1.35. The van der Waals surface area contributed by atoms with Crippen LogP contribution >= 0.6 is 0 Å². The first-order valence-corrected chi connectivity index (χ1v) is 13.3. The van der Waals surface area contributed by atoms with Gasteiger partial charge in [-0.05, 0) is 98.7 Å². The first-order chi connectivity index (χ1) is 14.7. The lowest BCUT2D eigenvalue weighted by atomic mass is 9.44.